The van der Waals surface area contributed by atoms with Crippen LogP contribution in [-0.4, -0.2) is 23.3 Å². The van der Waals surface area contributed by atoms with Crippen molar-refractivity contribution in [2.45, 2.75) is 32.9 Å². The van der Waals surface area contributed by atoms with Gasteiger partial charge in [0.25, 0.3) is 0 Å². The van der Waals surface area contributed by atoms with Gasteiger partial charge in [-0.05, 0) is 25.0 Å². The van der Waals surface area contributed by atoms with E-state index in [-0.39, 0.29) is 23.8 Å². The molecule has 1 aliphatic heterocycles. The van der Waals surface area contributed by atoms with Crippen LogP contribution < -0.4 is 5.32 Å². The largest absolute Gasteiger partial charge is 0.349 e. The van der Waals surface area contributed by atoms with E-state index in [1.54, 1.807) is 4.90 Å². The summed E-state index contributed by atoms with van der Waals surface area (Å²) in [6.07, 6.45) is 0.291. The van der Waals surface area contributed by atoms with Crippen LogP contribution in [0.5, 0.6) is 0 Å². The number of carbonyl (C=O) groups is 2. The molecule has 130 valence electrons. The smallest absolute Gasteiger partial charge is 0.225 e. The molecule has 4 heteroatoms. The minimum atomic E-state index is -0.275. The predicted octanol–water partition coefficient (Wildman–Crippen LogP) is 3.22. The van der Waals surface area contributed by atoms with E-state index >= 15 is 0 Å². The number of benzene rings is 2. The summed E-state index contributed by atoms with van der Waals surface area (Å²) in [4.78, 5) is 26.6. The third-order valence-electron chi connectivity index (χ3n) is 4.70. The second-order valence-corrected chi connectivity index (χ2v) is 6.81. The summed E-state index contributed by atoms with van der Waals surface area (Å²) in [7, 11) is 0. The Kier molecular flexibility index (Phi) is 5.17. The monoisotopic (exact) mass is 336 g/mol. The Balaban J connectivity index is 1.59. The van der Waals surface area contributed by atoms with Crippen molar-refractivity contribution in [2.75, 3.05) is 6.54 Å². The van der Waals surface area contributed by atoms with E-state index in [1.807, 2.05) is 62.4 Å². The van der Waals surface area contributed by atoms with Crippen molar-refractivity contribution in [3.05, 3.63) is 71.3 Å². The summed E-state index contributed by atoms with van der Waals surface area (Å²) in [6, 6.07) is 17.9. The quantitative estimate of drug-likeness (QED) is 0.911. The van der Waals surface area contributed by atoms with Gasteiger partial charge in [0.2, 0.25) is 11.8 Å². The summed E-state index contributed by atoms with van der Waals surface area (Å²) in [5, 5.41) is 3.03. The van der Waals surface area contributed by atoms with E-state index in [2.05, 4.69) is 11.4 Å². The third-order valence-corrected chi connectivity index (χ3v) is 4.70. The van der Waals surface area contributed by atoms with Crippen LogP contribution >= 0.6 is 0 Å². The number of rotatable bonds is 5. The van der Waals surface area contributed by atoms with E-state index in [4.69, 9.17) is 0 Å². The Labute approximate surface area is 148 Å². The van der Waals surface area contributed by atoms with E-state index in [1.165, 1.54) is 5.56 Å². The van der Waals surface area contributed by atoms with Crippen LogP contribution in [0.2, 0.25) is 0 Å². The maximum Gasteiger partial charge on any atom is 0.225 e. The molecule has 2 atom stereocenters. The highest BCUT2D eigenvalue weighted by molar-refractivity contribution is 5.89. The predicted molar refractivity (Wildman–Crippen MR) is 97.7 cm³/mol. The highest BCUT2D eigenvalue weighted by Gasteiger charge is 2.34. The van der Waals surface area contributed by atoms with E-state index in [9.17, 15) is 9.59 Å². The fourth-order valence-corrected chi connectivity index (χ4v) is 3.29. The van der Waals surface area contributed by atoms with Gasteiger partial charge in [0.1, 0.15) is 0 Å². The zero-order chi connectivity index (χ0) is 17.8. The Morgan fingerprint density at radius 3 is 2.68 bits per heavy atom. The molecule has 0 spiro atoms. The van der Waals surface area contributed by atoms with Crippen LogP contribution in [0.1, 0.15) is 36.1 Å². The molecule has 3 rings (SSSR count). The fraction of sp³-hybridized carbons (Fsp3) is 0.333. The number of nitrogens with one attached hydrogen (secondary N) is 1. The number of amides is 2. The third kappa shape index (κ3) is 4.27. The first-order chi connectivity index (χ1) is 12.0. The van der Waals surface area contributed by atoms with Crippen LogP contribution in [0.3, 0.4) is 0 Å². The van der Waals surface area contributed by atoms with E-state index in [0.29, 0.717) is 19.5 Å². The van der Waals surface area contributed by atoms with Crippen LogP contribution in [0.25, 0.3) is 0 Å². The zero-order valence-corrected chi connectivity index (χ0v) is 14.7. The molecule has 1 aliphatic rings. The molecule has 1 N–H and O–H groups in total. The molecule has 0 aliphatic carbocycles. The van der Waals surface area contributed by atoms with Gasteiger partial charge in [0.15, 0.2) is 0 Å². The summed E-state index contributed by atoms with van der Waals surface area (Å²) < 4.78 is 0. The molecule has 2 aromatic carbocycles. The van der Waals surface area contributed by atoms with Crippen molar-refractivity contribution in [2.24, 2.45) is 5.92 Å². The lowest BCUT2D eigenvalue weighted by atomic mass is 10.1. The van der Waals surface area contributed by atoms with Crippen molar-refractivity contribution in [1.82, 2.24) is 10.2 Å². The molecule has 0 bridgehead atoms. The molecule has 2 amide bonds. The minimum Gasteiger partial charge on any atom is -0.349 e. The van der Waals surface area contributed by atoms with Gasteiger partial charge >= 0.3 is 0 Å². The molecule has 0 aromatic heterocycles. The van der Waals surface area contributed by atoms with Crippen LogP contribution in [0.15, 0.2) is 54.6 Å². The lowest BCUT2D eigenvalue weighted by Crippen LogP contribution is -2.34. The molecule has 1 fully saturated rings. The molecular formula is C21H24N2O2. The number of nitrogens with zero attached hydrogens (tertiary/aromatic N) is 1. The second kappa shape index (κ2) is 7.51. The van der Waals surface area contributed by atoms with Crippen molar-refractivity contribution in [1.29, 1.82) is 0 Å². The number of likely N-dealkylation sites (tertiary alicyclic amines) is 1. The average molecular weight is 336 g/mol. The number of carbonyl (C=O) groups excluding carboxylic acids is 2. The van der Waals surface area contributed by atoms with Gasteiger partial charge < -0.3 is 10.2 Å². The van der Waals surface area contributed by atoms with Crippen molar-refractivity contribution in [3.63, 3.8) is 0 Å². The SMILES string of the molecule is Cc1cccc(CN2CC(C(=O)NC(C)c3ccccc3)CC2=O)c1. The standard InChI is InChI=1S/C21H24N2O2/c1-15-7-6-8-17(11-15)13-23-14-19(12-20(23)24)21(25)22-16(2)18-9-4-3-5-10-18/h3-11,16,19H,12-14H2,1-2H3,(H,22,25). The van der Waals surface area contributed by atoms with Crippen LogP contribution in [0.4, 0.5) is 0 Å². The van der Waals surface area contributed by atoms with Gasteiger partial charge in [-0.25, -0.2) is 0 Å². The Morgan fingerprint density at radius 2 is 1.96 bits per heavy atom. The van der Waals surface area contributed by atoms with Gasteiger partial charge in [0, 0.05) is 19.5 Å². The molecule has 2 unspecified atom stereocenters. The summed E-state index contributed by atoms with van der Waals surface area (Å²) in [6.45, 7) is 5.06. The van der Waals surface area contributed by atoms with Gasteiger partial charge in [-0.2, -0.15) is 0 Å². The lowest BCUT2D eigenvalue weighted by molar-refractivity contribution is -0.129. The van der Waals surface area contributed by atoms with Crippen molar-refractivity contribution < 1.29 is 9.59 Å². The zero-order valence-electron chi connectivity index (χ0n) is 14.7. The molecule has 1 saturated heterocycles. The molecule has 25 heavy (non-hydrogen) atoms. The molecule has 0 radical (unpaired) electrons. The topological polar surface area (TPSA) is 49.4 Å². The average Bonchev–Trinajstić information content (AvgIpc) is 2.96. The first-order valence-electron chi connectivity index (χ1n) is 8.71. The molecular weight excluding hydrogens is 312 g/mol. The first kappa shape index (κ1) is 17.2. The number of hydrogen-bond acceptors (Lipinski definition) is 2. The summed E-state index contributed by atoms with van der Waals surface area (Å²) in [5.74, 6) is -0.270. The van der Waals surface area contributed by atoms with E-state index in [0.717, 1.165) is 11.1 Å². The number of aryl methyl sites for hydroxylation is 1. The highest BCUT2D eigenvalue weighted by atomic mass is 16.2. The van der Waals surface area contributed by atoms with Crippen molar-refractivity contribution >= 4 is 11.8 Å². The summed E-state index contributed by atoms with van der Waals surface area (Å²) >= 11 is 0. The van der Waals surface area contributed by atoms with Crippen molar-refractivity contribution in [3.8, 4) is 0 Å². The van der Waals surface area contributed by atoms with Crippen LogP contribution in [0, 0.1) is 12.8 Å². The lowest BCUT2D eigenvalue weighted by Gasteiger charge is -2.19. The van der Waals surface area contributed by atoms with Gasteiger partial charge in [-0.1, -0.05) is 60.2 Å². The normalized spacial score (nSPS) is 18.2. The molecule has 0 saturated carbocycles. The first-order valence-corrected chi connectivity index (χ1v) is 8.71. The minimum absolute atomic E-state index is 0.0450. The molecule has 2 aromatic rings. The maximum atomic E-state index is 12.5. The Morgan fingerprint density at radius 1 is 1.20 bits per heavy atom. The Hall–Kier alpha value is -2.62. The summed E-state index contributed by atoms with van der Waals surface area (Å²) in [5.41, 5.74) is 3.35. The van der Waals surface area contributed by atoms with E-state index < -0.39 is 0 Å². The molecule has 4 nitrogen and oxygen atoms in total. The van der Waals surface area contributed by atoms with Crippen LogP contribution in [-0.2, 0) is 16.1 Å². The molecule has 1 heterocycles. The van der Waals surface area contributed by atoms with Gasteiger partial charge in [-0.15, -0.1) is 0 Å². The fourth-order valence-electron chi connectivity index (χ4n) is 3.29. The number of hydrogen-bond donors (Lipinski definition) is 1. The Bertz CT molecular complexity index is 758. The van der Waals surface area contributed by atoms with Gasteiger partial charge in [-0.3, -0.25) is 9.59 Å². The highest BCUT2D eigenvalue weighted by Crippen LogP contribution is 2.22. The second-order valence-electron chi connectivity index (χ2n) is 6.81. The van der Waals surface area contributed by atoms with Gasteiger partial charge in [0.05, 0.1) is 12.0 Å². The maximum absolute atomic E-state index is 12.5.